The van der Waals surface area contributed by atoms with Gasteiger partial charge in [0.2, 0.25) is 5.13 Å². The summed E-state index contributed by atoms with van der Waals surface area (Å²) in [5.74, 6) is 0.782. The molecule has 0 aliphatic carbocycles. The van der Waals surface area contributed by atoms with E-state index in [1.165, 1.54) is 11.5 Å². The minimum absolute atomic E-state index is 0.00268. The Bertz CT molecular complexity index is 613. The van der Waals surface area contributed by atoms with Crippen molar-refractivity contribution in [1.82, 2.24) is 9.36 Å². The molecular formula is C13H16N4OS. The highest BCUT2D eigenvalue weighted by atomic mass is 32.1. The van der Waals surface area contributed by atoms with Gasteiger partial charge in [-0.25, -0.2) is 4.98 Å². The maximum atomic E-state index is 9.80. The number of aryl methyl sites for hydroxylation is 1. The van der Waals surface area contributed by atoms with Crippen molar-refractivity contribution in [1.29, 1.82) is 0 Å². The minimum atomic E-state index is -0.00268. The third-order valence-electron chi connectivity index (χ3n) is 2.60. The Labute approximate surface area is 116 Å². The standard InChI is InChI=1S/C13H16N4OS/c1-8-14-12(19-17-8)16-15-10-7-9(13(2,3)4)5-6-11(10)18/h5-7,18H,1-4H3/b16-15-. The van der Waals surface area contributed by atoms with Gasteiger partial charge in [0, 0.05) is 11.5 Å². The van der Waals surface area contributed by atoms with Crippen molar-refractivity contribution < 1.29 is 5.11 Å². The molecule has 1 aromatic carbocycles. The lowest BCUT2D eigenvalue weighted by molar-refractivity contribution is 0.475. The van der Waals surface area contributed by atoms with E-state index in [9.17, 15) is 5.11 Å². The zero-order chi connectivity index (χ0) is 14.0. The average molecular weight is 276 g/mol. The van der Waals surface area contributed by atoms with Gasteiger partial charge in [-0.3, -0.25) is 0 Å². The first kappa shape index (κ1) is 13.6. The maximum absolute atomic E-state index is 9.80. The van der Waals surface area contributed by atoms with Crippen molar-refractivity contribution in [2.75, 3.05) is 0 Å². The van der Waals surface area contributed by atoms with Crippen molar-refractivity contribution in [3.05, 3.63) is 29.6 Å². The maximum Gasteiger partial charge on any atom is 0.249 e. The van der Waals surface area contributed by atoms with Crippen LogP contribution in [0.25, 0.3) is 0 Å². The van der Waals surface area contributed by atoms with Gasteiger partial charge in [0.25, 0.3) is 0 Å². The summed E-state index contributed by atoms with van der Waals surface area (Å²) in [5.41, 5.74) is 1.53. The number of hydrogen-bond acceptors (Lipinski definition) is 6. The number of aromatic hydroxyl groups is 1. The zero-order valence-corrected chi connectivity index (χ0v) is 12.2. The lowest BCUT2D eigenvalue weighted by Gasteiger charge is -2.19. The summed E-state index contributed by atoms with van der Waals surface area (Å²) in [4.78, 5) is 4.09. The van der Waals surface area contributed by atoms with Crippen LogP contribution in [0.2, 0.25) is 0 Å². The van der Waals surface area contributed by atoms with E-state index in [0.29, 0.717) is 16.6 Å². The molecule has 0 radical (unpaired) electrons. The molecule has 6 heteroatoms. The van der Waals surface area contributed by atoms with E-state index < -0.39 is 0 Å². The Balaban J connectivity index is 2.32. The topological polar surface area (TPSA) is 70.7 Å². The third-order valence-corrected chi connectivity index (χ3v) is 3.29. The average Bonchev–Trinajstić information content (AvgIpc) is 2.72. The molecule has 0 saturated carbocycles. The van der Waals surface area contributed by atoms with E-state index in [2.05, 4.69) is 40.4 Å². The van der Waals surface area contributed by atoms with Crippen molar-refractivity contribution >= 4 is 22.4 Å². The van der Waals surface area contributed by atoms with Gasteiger partial charge in [0.05, 0.1) is 0 Å². The highest BCUT2D eigenvalue weighted by molar-refractivity contribution is 7.09. The molecular weight excluding hydrogens is 260 g/mol. The van der Waals surface area contributed by atoms with Gasteiger partial charge in [-0.15, -0.1) is 10.2 Å². The Kier molecular flexibility index (Phi) is 3.61. The van der Waals surface area contributed by atoms with E-state index in [1.54, 1.807) is 13.0 Å². The van der Waals surface area contributed by atoms with Crippen LogP contribution in [0.3, 0.4) is 0 Å². The summed E-state index contributed by atoms with van der Waals surface area (Å²) in [6.07, 6.45) is 0. The van der Waals surface area contributed by atoms with E-state index in [4.69, 9.17) is 0 Å². The summed E-state index contributed by atoms with van der Waals surface area (Å²) in [6.45, 7) is 8.12. The van der Waals surface area contributed by atoms with Crippen molar-refractivity contribution in [3.8, 4) is 5.75 Å². The number of phenols is 1. The lowest BCUT2D eigenvalue weighted by atomic mass is 9.87. The summed E-state index contributed by atoms with van der Waals surface area (Å²) >= 11 is 1.18. The number of benzene rings is 1. The fourth-order valence-corrected chi connectivity index (χ4v) is 2.00. The Morgan fingerprint density at radius 3 is 2.53 bits per heavy atom. The van der Waals surface area contributed by atoms with Crippen LogP contribution in [0.15, 0.2) is 28.4 Å². The second-order valence-corrected chi connectivity index (χ2v) is 6.01. The highest BCUT2D eigenvalue weighted by Crippen LogP contribution is 2.33. The van der Waals surface area contributed by atoms with Gasteiger partial charge in [-0.1, -0.05) is 26.8 Å². The quantitative estimate of drug-likeness (QED) is 0.833. The molecule has 0 bridgehead atoms. The van der Waals surface area contributed by atoms with Crippen LogP contribution in [0, 0.1) is 6.92 Å². The molecule has 2 rings (SSSR count). The van der Waals surface area contributed by atoms with Crippen LogP contribution in [0.1, 0.15) is 32.2 Å². The molecule has 0 fully saturated rings. The number of hydrogen-bond donors (Lipinski definition) is 1. The van der Waals surface area contributed by atoms with Crippen LogP contribution in [0.4, 0.5) is 10.8 Å². The Morgan fingerprint density at radius 2 is 1.95 bits per heavy atom. The molecule has 0 aliphatic heterocycles. The van der Waals surface area contributed by atoms with Crippen molar-refractivity contribution in [2.45, 2.75) is 33.1 Å². The monoisotopic (exact) mass is 276 g/mol. The minimum Gasteiger partial charge on any atom is -0.506 e. The smallest absolute Gasteiger partial charge is 0.249 e. The van der Waals surface area contributed by atoms with Crippen molar-refractivity contribution in [2.24, 2.45) is 10.2 Å². The number of nitrogens with zero attached hydrogens (tertiary/aromatic N) is 4. The number of rotatable bonds is 2. The third kappa shape index (κ3) is 3.35. The summed E-state index contributed by atoms with van der Waals surface area (Å²) < 4.78 is 4.02. The van der Waals surface area contributed by atoms with Crippen LogP contribution < -0.4 is 0 Å². The molecule has 1 N–H and O–H groups in total. The predicted molar refractivity (Wildman–Crippen MR) is 75.6 cm³/mol. The number of phenolic OH excluding ortho intramolecular Hbond substituents is 1. The van der Waals surface area contributed by atoms with Crippen LogP contribution in [-0.2, 0) is 5.41 Å². The fourth-order valence-electron chi connectivity index (χ4n) is 1.49. The first-order valence-electron chi connectivity index (χ1n) is 5.92. The highest BCUT2D eigenvalue weighted by Gasteiger charge is 2.15. The molecule has 0 amide bonds. The molecule has 5 nitrogen and oxygen atoms in total. The van der Waals surface area contributed by atoms with E-state index in [0.717, 1.165) is 5.56 Å². The van der Waals surface area contributed by atoms with Gasteiger partial charge in [0.1, 0.15) is 17.3 Å². The second kappa shape index (κ2) is 5.05. The summed E-state index contributed by atoms with van der Waals surface area (Å²) in [6, 6.07) is 5.37. The molecule has 0 saturated heterocycles. The van der Waals surface area contributed by atoms with E-state index in [1.807, 2.05) is 12.1 Å². The summed E-state index contributed by atoms with van der Waals surface area (Å²) in [7, 11) is 0. The molecule has 100 valence electrons. The van der Waals surface area contributed by atoms with Gasteiger partial charge in [0.15, 0.2) is 0 Å². The molecule has 19 heavy (non-hydrogen) atoms. The van der Waals surface area contributed by atoms with Crippen LogP contribution in [0.5, 0.6) is 5.75 Å². The summed E-state index contributed by atoms with van der Waals surface area (Å²) in [5, 5.41) is 18.3. The molecule has 0 spiro atoms. The SMILES string of the molecule is Cc1nsc(/N=N\c2cc(C(C)(C)C)ccc2O)n1. The molecule has 0 atom stereocenters. The molecule has 2 aromatic rings. The second-order valence-electron chi connectivity index (χ2n) is 5.28. The normalized spacial score (nSPS) is 12.2. The predicted octanol–water partition coefficient (Wildman–Crippen LogP) is 4.27. The Hall–Kier alpha value is -1.82. The Morgan fingerprint density at radius 1 is 1.21 bits per heavy atom. The van der Waals surface area contributed by atoms with Gasteiger partial charge >= 0.3 is 0 Å². The lowest BCUT2D eigenvalue weighted by Crippen LogP contribution is -2.10. The van der Waals surface area contributed by atoms with Gasteiger partial charge < -0.3 is 5.11 Å². The molecule has 0 unspecified atom stereocenters. The van der Waals surface area contributed by atoms with E-state index in [-0.39, 0.29) is 11.2 Å². The van der Waals surface area contributed by atoms with Crippen LogP contribution in [-0.4, -0.2) is 14.5 Å². The molecule has 0 aliphatic rings. The first-order valence-corrected chi connectivity index (χ1v) is 6.69. The number of aromatic nitrogens is 2. The first-order chi connectivity index (χ1) is 8.86. The largest absolute Gasteiger partial charge is 0.506 e. The zero-order valence-electron chi connectivity index (χ0n) is 11.4. The van der Waals surface area contributed by atoms with E-state index >= 15 is 0 Å². The molecule has 1 heterocycles. The van der Waals surface area contributed by atoms with Crippen LogP contribution >= 0.6 is 11.5 Å². The van der Waals surface area contributed by atoms with Gasteiger partial charge in [-0.05, 0) is 30.0 Å². The van der Waals surface area contributed by atoms with Crippen molar-refractivity contribution in [3.63, 3.8) is 0 Å². The molecule has 1 aromatic heterocycles. The number of azo groups is 1. The van der Waals surface area contributed by atoms with Gasteiger partial charge in [-0.2, -0.15) is 4.37 Å². The fraction of sp³-hybridized carbons (Fsp3) is 0.385.